The highest BCUT2D eigenvalue weighted by atomic mass is 79.9. The summed E-state index contributed by atoms with van der Waals surface area (Å²) in [6.07, 6.45) is 1.99. The summed E-state index contributed by atoms with van der Waals surface area (Å²) in [4.78, 5) is 14.1. The molecule has 0 atom stereocenters. The minimum Gasteiger partial charge on any atom is -0.484 e. The normalized spacial score (nSPS) is 15.8. The summed E-state index contributed by atoms with van der Waals surface area (Å²) in [5.41, 5.74) is 5.68. The molecule has 1 heterocycles. The van der Waals surface area contributed by atoms with Gasteiger partial charge in [-0.15, -0.1) is 0 Å². The van der Waals surface area contributed by atoms with E-state index in [2.05, 4.69) is 22.0 Å². The van der Waals surface area contributed by atoms with E-state index in [9.17, 15) is 4.79 Å². The molecule has 2 aromatic rings. The minimum absolute atomic E-state index is 0.0522. The van der Waals surface area contributed by atoms with Crippen LogP contribution < -0.4 is 10.5 Å². The maximum atomic E-state index is 12.2. The van der Waals surface area contributed by atoms with E-state index >= 15 is 0 Å². The van der Waals surface area contributed by atoms with Crippen LogP contribution in [0.25, 0.3) is 10.8 Å². The fraction of sp³-hybridized carbons (Fsp3) is 0.389. The molecule has 1 amide bonds. The lowest BCUT2D eigenvalue weighted by atomic mass is 9.97. The Morgan fingerprint density at radius 2 is 1.87 bits per heavy atom. The molecule has 0 radical (unpaired) electrons. The number of ether oxygens (including phenoxy) is 1. The second-order valence-electron chi connectivity index (χ2n) is 6.00. The number of rotatable bonds is 4. The van der Waals surface area contributed by atoms with E-state index in [1.54, 1.807) is 0 Å². The van der Waals surface area contributed by atoms with Crippen LogP contribution in [-0.4, -0.2) is 37.0 Å². The molecule has 23 heavy (non-hydrogen) atoms. The molecular weight excluding hydrogens is 356 g/mol. The van der Waals surface area contributed by atoms with Gasteiger partial charge in [0.05, 0.1) is 0 Å². The fourth-order valence-corrected chi connectivity index (χ4v) is 3.32. The van der Waals surface area contributed by atoms with E-state index in [4.69, 9.17) is 10.5 Å². The van der Waals surface area contributed by atoms with Gasteiger partial charge in [0.15, 0.2) is 6.61 Å². The molecule has 0 spiro atoms. The fourth-order valence-electron chi connectivity index (χ4n) is 2.94. The number of likely N-dealkylation sites (tertiary alicyclic amines) is 1. The van der Waals surface area contributed by atoms with E-state index in [-0.39, 0.29) is 12.5 Å². The third-order valence-electron chi connectivity index (χ3n) is 4.44. The van der Waals surface area contributed by atoms with Crippen molar-refractivity contribution in [3.8, 4) is 5.75 Å². The third kappa shape index (κ3) is 4.03. The first-order valence-electron chi connectivity index (χ1n) is 7.95. The van der Waals surface area contributed by atoms with Gasteiger partial charge < -0.3 is 15.4 Å². The molecular formula is C18H21BrN2O2. The number of nitrogens with two attached hydrogens (primary N) is 1. The minimum atomic E-state index is 0.0522. The number of hydrogen-bond donors (Lipinski definition) is 1. The quantitative estimate of drug-likeness (QED) is 0.891. The topological polar surface area (TPSA) is 55.6 Å². The van der Waals surface area contributed by atoms with Crippen molar-refractivity contribution in [2.75, 3.05) is 26.2 Å². The van der Waals surface area contributed by atoms with E-state index in [1.807, 2.05) is 35.2 Å². The summed E-state index contributed by atoms with van der Waals surface area (Å²) in [6.45, 7) is 2.38. The second kappa shape index (κ2) is 7.32. The molecule has 3 rings (SSSR count). The van der Waals surface area contributed by atoms with Crippen molar-refractivity contribution in [2.45, 2.75) is 12.8 Å². The maximum absolute atomic E-state index is 12.2. The van der Waals surface area contributed by atoms with Gasteiger partial charge in [-0.25, -0.2) is 0 Å². The maximum Gasteiger partial charge on any atom is 0.260 e. The van der Waals surface area contributed by atoms with Gasteiger partial charge in [-0.05, 0) is 60.3 Å². The first-order valence-corrected chi connectivity index (χ1v) is 8.75. The second-order valence-corrected chi connectivity index (χ2v) is 6.92. The van der Waals surface area contributed by atoms with Gasteiger partial charge in [-0.1, -0.05) is 28.1 Å². The SMILES string of the molecule is NCC1CCN(C(=O)COc2ccc3cc(Br)ccc3c2)CC1. The average Bonchev–Trinajstić information content (AvgIpc) is 2.59. The predicted octanol–water partition coefficient (Wildman–Crippen LogP) is 3.18. The van der Waals surface area contributed by atoms with E-state index in [1.165, 1.54) is 0 Å². The Morgan fingerprint density at radius 1 is 1.17 bits per heavy atom. The summed E-state index contributed by atoms with van der Waals surface area (Å²) >= 11 is 3.46. The average molecular weight is 377 g/mol. The Kier molecular flexibility index (Phi) is 5.18. The number of nitrogens with zero attached hydrogens (tertiary/aromatic N) is 1. The molecule has 122 valence electrons. The predicted molar refractivity (Wildman–Crippen MR) is 95.5 cm³/mol. The molecule has 0 aromatic heterocycles. The molecule has 1 fully saturated rings. The summed E-state index contributed by atoms with van der Waals surface area (Å²) in [7, 11) is 0. The summed E-state index contributed by atoms with van der Waals surface area (Å²) in [5.74, 6) is 1.33. The Hall–Kier alpha value is -1.59. The van der Waals surface area contributed by atoms with Gasteiger partial charge in [-0.3, -0.25) is 4.79 Å². The van der Waals surface area contributed by atoms with Crippen LogP contribution >= 0.6 is 15.9 Å². The number of benzene rings is 2. The van der Waals surface area contributed by atoms with Crippen LogP contribution in [0.3, 0.4) is 0 Å². The van der Waals surface area contributed by atoms with Crippen molar-refractivity contribution in [2.24, 2.45) is 11.7 Å². The van der Waals surface area contributed by atoms with E-state index < -0.39 is 0 Å². The van der Waals surface area contributed by atoms with E-state index in [0.29, 0.717) is 12.5 Å². The molecule has 2 aromatic carbocycles. The van der Waals surface area contributed by atoms with Gasteiger partial charge in [0, 0.05) is 17.6 Å². The van der Waals surface area contributed by atoms with Crippen LogP contribution in [0.2, 0.25) is 0 Å². The van der Waals surface area contributed by atoms with Crippen molar-refractivity contribution < 1.29 is 9.53 Å². The molecule has 1 aliphatic heterocycles. The molecule has 0 saturated carbocycles. The lowest BCUT2D eigenvalue weighted by Crippen LogP contribution is -2.42. The zero-order chi connectivity index (χ0) is 16.2. The molecule has 5 heteroatoms. The summed E-state index contributed by atoms with van der Waals surface area (Å²) in [5, 5.41) is 2.24. The molecule has 0 bridgehead atoms. The Bertz CT molecular complexity index is 696. The van der Waals surface area contributed by atoms with Gasteiger partial charge in [0.25, 0.3) is 5.91 Å². The van der Waals surface area contributed by atoms with Crippen LogP contribution in [0.15, 0.2) is 40.9 Å². The van der Waals surface area contributed by atoms with Crippen LogP contribution in [0, 0.1) is 5.92 Å². The van der Waals surface area contributed by atoms with Gasteiger partial charge >= 0.3 is 0 Å². The van der Waals surface area contributed by atoms with Crippen molar-refractivity contribution in [3.63, 3.8) is 0 Å². The Balaban J connectivity index is 1.57. The lowest BCUT2D eigenvalue weighted by molar-refractivity contribution is -0.134. The van der Waals surface area contributed by atoms with Crippen LogP contribution in [-0.2, 0) is 4.79 Å². The van der Waals surface area contributed by atoms with Crippen molar-refractivity contribution in [3.05, 3.63) is 40.9 Å². The summed E-state index contributed by atoms with van der Waals surface area (Å²) < 4.78 is 6.74. The van der Waals surface area contributed by atoms with Gasteiger partial charge in [0.2, 0.25) is 0 Å². The molecule has 0 unspecified atom stereocenters. The molecule has 1 aliphatic rings. The Labute approximate surface area is 144 Å². The first-order chi connectivity index (χ1) is 11.2. The first kappa shape index (κ1) is 16.3. The zero-order valence-corrected chi connectivity index (χ0v) is 14.6. The number of carbonyl (C=O) groups excluding carboxylic acids is 1. The summed E-state index contributed by atoms with van der Waals surface area (Å²) in [6, 6.07) is 12.0. The number of halogens is 1. The highest BCUT2D eigenvalue weighted by Crippen LogP contribution is 2.24. The molecule has 1 saturated heterocycles. The monoisotopic (exact) mass is 376 g/mol. The van der Waals surface area contributed by atoms with Crippen molar-refractivity contribution in [1.29, 1.82) is 0 Å². The molecule has 4 nitrogen and oxygen atoms in total. The number of carbonyl (C=O) groups is 1. The highest BCUT2D eigenvalue weighted by Gasteiger charge is 2.22. The van der Waals surface area contributed by atoms with Crippen LogP contribution in [0.4, 0.5) is 0 Å². The number of piperidine rings is 1. The largest absolute Gasteiger partial charge is 0.484 e. The molecule has 2 N–H and O–H groups in total. The van der Waals surface area contributed by atoms with Gasteiger partial charge in [-0.2, -0.15) is 0 Å². The number of amides is 1. The number of fused-ring (bicyclic) bond motifs is 1. The lowest BCUT2D eigenvalue weighted by Gasteiger charge is -2.31. The smallest absolute Gasteiger partial charge is 0.260 e. The third-order valence-corrected chi connectivity index (χ3v) is 4.93. The van der Waals surface area contributed by atoms with Crippen LogP contribution in [0.1, 0.15) is 12.8 Å². The van der Waals surface area contributed by atoms with Crippen LogP contribution in [0.5, 0.6) is 5.75 Å². The molecule has 0 aliphatic carbocycles. The van der Waals surface area contributed by atoms with Crippen molar-refractivity contribution >= 4 is 32.6 Å². The van der Waals surface area contributed by atoms with Gasteiger partial charge in [0.1, 0.15) is 5.75 Å². The number of hydrogen-bond acceptors (Lipinski definition) is 3. The Morgan fingerprint density at radius 3 is 2.61 bits per heavy atom. The standard InChI is InChI=1S/C18H21BrN2O2/c19-16-3-1-15-10-17(4-2-14(15)9-16)23-12-18(22)21-7-5-13(11-20)6-8-21/h1-4,9-10,13H,5-8,11-12,20H2. The zero-order valence-electron chi connectivity index (χ0n) is 13.0. The highest BCUT2D eigenvalue weighted by molar-refractivity contribution is 9.10. The van der Waals surface area contributed by atoms with E-state index in [0.717, 1.165) is 46.9 Å². The van der Waals surface area contributed by atoms with Crippen molar-refractivity contribution in [1.82, 2.24) is 4.90 Å².